The molecule has 71 heavy (non-hydrogen) atoms. The standard InChI is InChI=1S/C52H62N8O10S/c1-31(2)37-8-5-6-9-38(37)41-10-7-21-59(41)35-28-52(29-35)18-22-58(23-19-52)34-11-12-39(43(25-34)70-45-24-33-15-20-53-47(33)55-48(45)56-50(62)68-4)49(61)57-71(66,67)36-26-42(60(64)65)46-44(27-36)69-30-40(54-46)32-13-16-51(3,63)17-14-32/h5-6,8-9,11-12,15,20,24-27,31-32,35,40-41,54,63H,7,10,13-14,16-19,21-23,28-30H2,1-4H3,(H,57,61)(H2,53,55,56,62)/t32-,40-,41+,51-/m1/s1. The summed E-state index contributed by atoms with van der Waals surface area (Å²) in [5, 5.41) is 29.4. The van der Waals surface area contributed by atoms with Gasteiger partial charge in [0.15, 0.2) is 23.0 Å². The van der Waals surface area contributed by atoms with Crippen LogP contribution in [-0.4, -0.2) is 96.4 Å². The molecule has 5 N–H and O–H groups in total. The zero-order valence-corrected chi connectivity index (χ0v) is 41.3. The van der Waals surface area contributed by atoms with Gasteiger partial charge in [-0.25, -0.2) is 22.9 Å². The Bertz CT molecular complexity index is 2970. The van der Waals surface area contributed by atoms with Crippen molar-refractivity contribution in [2.45, 2.75) is 120 Å². The Balaban J connectivity index is 0.894. The summed E-state index contributed by atoms with van der Waals surface area (Å²) in [6, 6.07) is 20.0. The van der Waals surface area contributed by atoms with Gasteiger partial charge in [-0.2, -0.15) is 0 Å². The molecular weight excluding hydrogens is 929 g/mol. The monoisotopic (exact) mass is 990 g/mol. The minimum Gasteiger partial charge on any atom is -0.489 e. The van der Waals surface area contributed by atoms with E-state index in [1.807, 2.05) is 0 Å². The number of nitro benzene ring substituents is 1. The molecular formula is C52H62N8O10S. The van der Waals surface area contributed by atoms with E-state index in [4.69, 9.17) is 14.2 Å². The van der Waals surface area contributed by atoms with Gasteiger partial charge in [0.1, 0.15) is 18.0 Å². The first-order valence-electron chi connectivity index (χ1n) is 24.7. The number of nitrogens with zero attached hydrogens (tertiary/aromatic N) is 4. The molecule has 2 atom stereocenters. The van der Waals surface area contributed by atoms with Crippen LogP contribution >= 0.6 is 0 Å². The molecule has 18 nitrogen and oxygen atoms in total. The maximum absolute atomic E-state index is 14.3. The highest BCUT2D eigenvalue weighted by atomic mass is 32.2. The molecule has 2 aromatic heterocycles. The molecule has 376 valence electrons. The number of carbonyl (C=O) groups excluding carboxylic acids is 2. The molecule has 19 heteroatoms. The Morgan fingerprint density at radius 3 is 2.48 bits per heavy atom. The van der Waals surface area contributed by atoms with Gasteiger partial charge in [0, 0.05) is 60.6 Å². The highest BCUT2D eigenvalue weighted by molar-refractivity contribution is 7.90. The molecule has 10 rings (SSSR count). The second kappa shape index (κ2) is 19.0. The van der Waals surface area contributed by atoms with Crippen molar-refractivity contribution in [3.8, 4) is 17.2 Å². The molecule has 2 aliphatic carbocycles. The Hall–Kier alpha value is -6.44. The lowest BCUT2D eigenvalue weighted by Crippen LogP contribution is -2.54. The molecule has 3 aromatic carbocycles. The number of sulfonamides is 1. The Morgan fingerprint density at radius 2 is 1.75 bits per heavy atom. The fourth-order valence-electron chi connectivity index (χ4n) is 11.8. The number of nitrogens with one attached hydrogen (secondary N) is 4. The molecule has 0 unspecified atom stereocenters. The van der Waals surface area contributed by atoms with E-state index in [9.17, 15) is 33.2 Å². The quantitative estimate of drug-likeness (QED) is 0.0579. The minimum absolute atomic E-state index is 0.0175. The average molecular weight is 991 g/mol. The van der Waals surface area contributed by atoms with E-state index in [1.54, 1.807) is 37.4 Å². The van der Waals surface area contributed by atoms with Gasteiger partial charge >= 0.3 is 6.09 Å². The SMILES string of the molecule is COC(=O)Nc1nc2[nH]ccc2cc1Oc1cc(N2CCC3(CC2)CC(N2CCC[C@H]2c2ccccc2C(C)C)C3)ccc1C(=O)NS(=O)(=O)c1cc2c(c([N+](=O)[O-])c1)N[C@@H]([C@H]1CC[C@](C)(O)CC1)CO2. The highest BCUT2D eigenvalue weighted by Gasteiger charge is 2.50. The van der Waals surface area contributed by atoms with Crippen molar-refractivity contribution in [2.75, 3.05) is 48.9 Å². The van der Waals surface area contributed by atoms with Crippen LogP contribution in [0.2, 0.25) is 0 Å². The molecule has 3 aliphatic heterocycles. The number of aliphatic hydroxyl groups is 1. The van der Waals surface area contributed by atoms with E-state index < -0.39 is 43.1 Å². The Labute approximate surface area is 413 Å². The second-order valence-electron chi connectivity index (χ2n) is 20.8. The predicted octanol–water partition coefficient (Wildman–Crippen LogP) is 9.38. The summed E-state index contributed by atoms with van der Waals surface area (Å²) in [5.74, 6) is -0.542. The van der Waals surface area contributed by atoms with Crippen molar-refractivity contribution in [1.29, 1.82) is 0 Å². The van der Waals surface area contributed by atoms with Crippen LogP contribution in [0.1, 0.15) is 118 Å². The minimum atomic E-state index is -4.76. The lowest BCUT2D eigenvalue weighted by Gasteiger charge is -2.56. The first-order valence-corrected chi connectivity index (χ1v) is 26.2. The number of likely N-dealkylation sites (tertiary alicyclic amines) is 1. The number of piperidine rings is 1. The zero-order valence-electron chi connectivity index (χ0n) is 40.5. The summed E-state index contributed by atoms with van der Waals surface area (Å²) >= 11 is 0. The van der Waals surface area contributed by atoms with Crippen LogP contribution in [0, 0.1) is 21.4 Å². The van der Waals surface area contributed by atoms with Crippen LogP contribution < -0.4 is 29.7 Å². The van der Waals surface area contributed by atoms with Crippen molar-refractivity contribution >= 4 is 55.9 Å². The third-order valence-electron chi connectivity index (χ3n) is 15.8. The van der Waals surface area contributed by atoms with Gasteiger partial charge in [-0.15, -0.1) is 0 Å². The van der Waals surface area contributed by atoms with E-state index >= 15 is 0 Å². The number of nitro groups is 1. The maximum Gasteiger partial charge on any atom is 0.412 e. The van der Waals surface area contributed by atoms with Crippen molar-refractivity contribution < 1.29 is 42.2 Å². The number of benzene rings is 3. The number of hydrogen-bond donors (Lipinski definition) is 5. The van der Waals surface area contributed by atoms with Crippen LogP contribution in [0.5, 0.6) is 17.2 Å². The van der Waals surface area contributed by atoms with Crippen molar-refractivity contribution in [1.82, 2.24) is 19.6 Å². The van der Waals surface area contributed by atoms with Gasteiger partial charge < -0.3 is 34.5 Å². The summed E-state index contributed by atoms with van der Waals surface area (Å²) < 4.78 is 47.7. The highest BCUT2D eigenvalue weighted by Crippen LogP contribution is 2.54. The van der Waals surface area contributed by atoms with Crippen LogP contribution in [0.15, 0.2) is 77.8 Å². The number of aromatic amines is 1. The molecule has 0 bridgehead atoms. The number of pyridine rings is 1. The molecule has 1 spiro atoms. The Kier molecular flexibility index (Phi) is 12.9. The molecule has 2 saturated heterocycles. The van der Waals surface area contributed by atoms with E-state index in [0.29, 0.717) is 54.7 Å². The number of fused-ring (bicyclic) bond motifs is 2. The molecule has 5 aromatic rings. The smallest absolute Gasteiger partial charge is 0.412 e. The summed E-state index contributed by atoms with van der Waals surface area (Å²) in [4.78, 5) is 50.6. The number of amides is 2. The number of ether oxygens (including phenoxy) is 3. The molecule has 2 saturated carbocycles. The maximum atomic E-state index is 14.3. The summed E-state index contributed by atoms with van der Waals surface area (Å²) in [6.07, 6.45) is 10.0. The van der Waals surface area contributed by atoms with E-state index in [2.05, 4.69) is 73.2 Å². The molecule has 5 heterocycles. The van der Waals surface area contributed by atoms with Crippen molar-refractivity contribution in [2.24, 2.45) is 11.3 Å². The average Bonchev–Trinajstić information content (AvgIpc) is 4.02. The zero-order chi connectivity index (χ0) is 49.8. The van der Waals surface area contributed by atoms with Gasteiger partial charge in [-0.05, 0) is 130 Å². The topological polar surface area (TPSA) is 231 Å². The number of carbonyl (C=O) groups is 2. The van der Waals surface area contributed by atoms with Gasteiger partial charge in [0.2, 0.25) is 0 Å². The Morgan fingerprint density at radius 1 is 0.986 bits per heavy atom. The molecule has 4 fully saturated rings. The van der Waals surface area contributed by atoms with Crippen LogP contribution in [-0.2, 0) is 14.8 Å². The van der Waals surface area contributed by atoms with E-state index in [-0.39, 0.29) is 58.3 Å². The lowest BCUT2D eigenvalue weighted by atomic mass is 9.59. The predicted molar refractivity (Wildman–Crippen MR) is 268 cm³/mol. The lowest BCUT2D eigenvalue weighted by molar-refractivity contribution is -0.384. The number of rotatable bonds is 12. The third-order valence-corrected chi connectivity index (χ3v) is 17.1. The van der Waals surface area contributed by atoms with Gasteiger partial charge in [0.25, 0.3) is 21.6 Å². The number of aromatic nitrogens is 2. The van der Waals surface area contributed by atoms with Gasteiger partial charge in [-0.1, -0.05) is 38.1 Å². The third kappa shape index (κ3) is 9.70. The van der Waals surface area contributed by atoms with Crippen LogP contribution in [0.4, 0.5) is 27.7 Å². The van der Waals surface area contributed by atoms with Crippen molar-refractivity contribution in [3.05, 3.63) is 99.7 Å². The fraction of sp³-hybridized carbons (Fsp3) is 0.481. The van der Waals surface area contributed by atoms with Gasteiger partial charge in [-0.3, -0.25) is 25.1 Å². The number of H-pyrrole nitrogens is 1. The van der Waals surface area contributed by atoms with E-state index in [0.717, 1.165) is 57.1 Å². The number of hydrogen-bond acceptors (Lipinski definition) is 14. The number of methoxy groups -OCH3 is 1. The summed E-state index contributed by atoms with van der Waals surface area (Å²) in [6.45, 7) is 9.10. The van der Waals surface area contributed by atoms with Gasteiger partial charge in [0.05, 0.1) is 34.1 Å². The molecule has 2 amide bonds. The molecule has 0 radical (unpaired) electrons. The summed E-state index contributed by atoms with van der Waals surface area (Å²) in [7, 11) is -3.55. The van der Waals surface area contributed by atoms with E-state index in [1.165, 1.54) is 43.2 Å². The van der Waals surface area contributed by atoms with Crippen LogP contribution in [0.25, 0.3) is 11.0 Å². The first-order chi connectivity index (χ1) is 34.0. The molecule has 5 aliphatic rings. The normalized spacial score (nSPS) is 23.4. The van der Waals surface area contributed by atoms with Crippen LogP contribution in [0.3, 0.4) is 0 Å². The second-order valence-corrected chi connectivity index (χ2v) is 22.5. The first kappa shape index (κ1) is 48.2. The fourth-order valence-corrected chi connectivity index (χ4v) is 12.8. The van der Waals surface area contributed by atoms with Crippen molar-refractivity contribution in [3.63, 3.8) is 0 Å². The largest absolute Gasteiger partial charge is 0.489 e. The number of anilines is 3. The summed E-state index contributed by atoms with van der Waals surface area (Å²) in [5.41, 5.74) is 2.93.